The van der Waals surface area contributed by atoms with Crippen LogP contribution in [0.2, 0.25) is 0 Å². The fraction of sp³-hybridized carbons (Fsp3) is 0.182. The van der Waals surface area contributed by atoms with Crippen molar-refractivity contribution in [2.75, 3.05) is 5.32 Å². The van der Waals surface area contributed by atoms with E-state index in [2.05, 4.69) is 40.4 Å². The van der Waals surface area contributed by atoms with Gasteiger partial charge in [-0.25, -0.2) is 4.98 Å². The van der Waals surface area contributed by atoms with E-state index in [1.807, 2.05) is 0 Å². The molecule has 0 bridgehead atoms. The molecule has 1 aromatic heterocycles. The van der Waals surface area contributed by atoms with Gasteiger partial charge in [0.15, 0.2) is 0 Å². The summed E-state index contributed by atoms with van der Waals surface area (Å²) in [6.45, 7) is 2.17. The summed E-state index contributed by atoms with van der Waals surface area (Å²) in [6, 6.07) is 6.53. The quantitative estimate of drug-likeness (QED) is 0.657. The molecule has 2 N–H and O–H groups in total. The van der Waals surface area contributed by atoms with E-state index in [4.69, 9.17) is 0 Å². The third kappa shape index (κ3) is 1.41. The minimum absolute atomic E-state index is 1.00. The predicted molar refractivity (Wildman–Crippen MR) is 61.8 cm³/mol. The van der Waals surface area contributed by atoms with Gasteiger partial charge >= 0.3 is 0 Å². The summed E-state index contributed by atoms with van der Waals surface area (Å²) in [5.74, 6) is 1.00. The largest absolute Gasteiger partial charge is 0.339 e. The predicted octanol–water partition coefficient (Wildman–Crippen LogP) is 3.18. The van der Waals surface area contributed by atoms with E-state index in [0.717, 1.165) is 17.3 Å². The average molecular weight is 217 g/mol. The second-order valence-electron chi connectivity index (χ2n) is 3.49. The molecule has 2 heterocycles. The number of fused-ring (bicyclic) bond motifs is 2. The normalized spacial score (nSPS) is 12.9. The number of nitrogens with zero attached hydrogens (tertiary/aromatic N) is 1. The zero-order valence-corrected chi connectivity index (χ0v) is 9.19. The molecule has 2 aromatic rings. The third-order valence-corrected chi connectivity index (χ3v) is 3.60. The Hall–Kier alpha value is -1.42. The van der Waals surface area contributed by atoms with Gasteiger partial charge < -0.3 is 10.3 Å². The van der Waals surface area contributed by atoms with Crippen molar-refractivity contribution in [1.82, 2.24) is 9.97 Å². The maximum Gasteiger partial charge on any atom is 0.143 e. The summed E-state index contributed by atoms with van der Waals surface area (Å²) in [7, 11) is 0. The highest BCUT2D eigenvalue weighted by atomic mass is 32.2. The van der Waals surface area contributed by atoms with Crippen LogP contribution >= 0.6 is 11.8 Å². The molecule has 0 spiro atoms. The van der Waals surface area contributed by atoms with Gasteiger partial charge in [0, 0.05) is 4.90 Å². The highest BCUT2D eigenvalue weighted by Gasteiger charge is 2.17. The van der Waals surface area contributed by atoms with Crippen LogP contribution < -0.4 is 5.32 Å². The SMILES string of the molecule is CCc1ccc2c(c1)Nc1[nH]cnc1S2. The minimum atomic E-state index is 1.00. The van der Waals surface area contributed by atoms with Crippen molar-refractivity contribution in [3.8, 4) is 0 Å². The van der Waals surface area contributed by atoms with E-state index >= 15 is 0 Å². The first-order chi connectivity index (χ1) is 7.36. The van der Waals surface area contributed by atoms with Crippen LogP contribution in [0.3, 0.4) is 0 Å². The first-order valence-corrected chi connectivity index (χ1v) is 5.79. The molecular formula is C11H11N3S. The zero-order valence-electron chi connectivity index (χ0n) is 8.37. The van der Waals surface area contributed by atoms with Crippen molar-refractivity contribution < 1.29 is 0 Å². The van der Waals surface area contributed by atoms with Crippen LogP contribution in [0.1, 0.15) is 12.5 Å². The van der Waals surface area contributed by atoms with Gasteiger partial charge in [-0.1, -0.05) is 24.8 Å². The number of hydrogen-bond donors (Lipinski definition) is 2. The van der Waals surface area contributed by atoms with Crippen molar-refractivity contribution in [2.24, 2.45) is 0 Å². The summed E-state index contributed by atoms with van der Waals surface area (Å²) in [5.41, 5.74) is 2.53. The van der Waals surface area contributed by atoms with Gasteiger partial charge in [0.05, 0.1) is 12.0 Å². The fourth-order valence-electron chi connectivity index (χ4n) is 1.67. The number of imidazole rings is 1. The van der Waals surface area contributed by atoms with Crippen LogP contribution in [0.25, 0.3) is 0 Å². The van der Waals surface area contributed by atoms with E-state index in [9.17, 15) is 0 Å². The molecule has 15 heavy (non-hydrogen) atoms. The number of aromatic amines is 1. The Bertz CT molecular complexity index is 504. The second-order valence-corrected chi connectivity index (χ2v) is 4.52. The summed E-state index contributed by atoms with van der Waals surface area (Å²) < 4.78 is 0. The van der Waals surface area contributed by atoms with Crippen LogP contribution in [0.5, 0.6) is 0 Å². The minimum Gasteiger partial charge on any atom is -0.339 e. The molecule has 0 fully saturated rings. The van der Waals surface area contributed by atoms with Gasteiger partial charge in [0.1, 0.15) is 10.8 Å². The van der Waals surface area contributed by atoms with E-state index in [1.165, 1.54) is 16.1 Å². The molecule has 0 saturated heterocycles. The Morgan fingerprint density at radius 1 is 1.40 bits per heavy atom. The van der Waals surface area contributed by atoms with Crippen molar-refractivity contribution in [3.63, 3.8) is 0 Å². The number of aromatic nitrogens is 2. The maximum atomic E-state index is 4.24. The average Bonchev–Trinajstić information content (AvgIpc) is 2.72. The van der Waals surface area contributed by atoms with E-state index in [1.54, 1.807) is 18.1 Å². The Labute approximate surface area is 92.3 Å². The lowest BCUT2D eigenvalue weighted by Crippen LogP contribution is -2.00. The molecule has 3 nitrogen and oxygen atoms in total. The molecule has 76 valence electrons. The lowest BCUT2D eigenvalue weighted by Gasteiger charge is -2.17. The number of anilines is 2. The third-order valence-electron chi connectivity index (χ3n) is 2.52. The van der Waals surface area contributed by atoms with Crippen molar-refractivity contribution >= 4 is 23.3 Å². The van der Waals surface area contributed by atoms with Crippen LogP contribution in [0, 0.1) is 0 Å². The molecule has 0 radical (unpaired) electrons. The topological polar surface area (TPSA) is 40.7 Å². The van der Waals surface area contributed by atoms with Gasteiger partial charge in [-0.05, 0) is 24.1 Å². The van der Waals surface area contributed by atoms with E-state index in [0.29, 0.717) is 0 Å². The Morgan fingerprint density at radius 3 is 3.20 bits per heavy atom. The van der Waals surface area contributed by atoms with Crippen LogP contribution in [-0.2, 0) is 6.42 Å². The van der Waals surface area contributed by atoms with E-state index in [-0.39, 0.29) is 0 Å². The standard InChI is InChI=1S/C11H11N3S/c1-2-7-3-4-9-8(5-7)14-10-11(15-9)13-6-12-10/h3-6,14H,2H2,1H3,(H,12,13). The summed E-state index contributed by atoms with van der Waals surface area (Å²) in [5, 5.41) is 4.38. The van der Waals surface area contributed by atoms with E-state index < -0.39 is 0 Å². The molecule has 3 rings (SSSR count). The molecule has 4 heteroatoms. The zero-order chi connectivity index (χ0) is 10.3. The number of benzene rings is 1. The van der Waals surface area contributed by atoms with Crippen molar-refractivity contribution in [3.05, 3.63) is 30.1 Å². The highest BCUT2D eigenvalue weighted by molar-refractivity contribution is 7.99. The molecule has 0 saturated carbocycles. The molecule has 0 unspecified atom stereocenters. The highest BCUT2D eigenvalue weighted by Crippen LogP contribution is 2.42. The van der Waals surface area contributed by atoms with Gasteiger partial charge in [-0.3, -0.25) is 0 Å². The molecule has 1 aliphatic heterocycles. The molecule has 0 aliphatic carbocycles. The van der Waals surface area contributed by atoms with Crippen molar-refractivity contribution in [1.29, 1.82) is 0 Å². The van der Waals surface area contributed by atoms with Crippen LogP contribution in [-0.4, -0.2) is 9.97 Å². The van der Waals surface area contributed by atoms with Crippen molar-refractivity contribution in [2.45, 2.75) is 23.3 Å². The number of aryl methyl sites for hydroxylation is 1. The van der Waals surface area contributed by atoms with Gasteiger partial charge in [0.2, 0.25) is 0 Å². The maximum absolute atomic E-state index is 4.24. The first kappa shape index (κ1) is 8.85. The lowest BCUT2D eigenvalue weighted by molar-refractivity contribution is 1.12. The fourth-order valence-corrected chi connectivity index (χ4v) is 2.55. The monoisotopic (exact) mass is 217 g/mol. The Morgan fingerprint density at radius 2 is 2.33 bits per heavy atom. The van der Waals surface area contributed by atoms with Crippen LogP contribution in [0.4, 0.5) is 11.5 Å². The summed E-state index contributed by atoms with van der Waals surface area (Å²) in [6.07, 6.45) is 2.78. The van der Waals surface area contributed by atoms with Gasteiger partial charge in [-0.2, -0.15) is 0 Å². The number of H-pyrrole nitrogens is 1. The first-order valence-electron chi connectivity index (χ1n) is 4.98. The smallest absolute Gasteiger partial charge is 0.143 e. The van der Waals surface area contributed by atoms with Gasteiger partial charge in [0.25, 0.3) is 0 Å². The molecule has 1 aromatic carbocycles. The molecule has 0 atom stereocenters. The number of nitrogens with one attached hydrogen (secondary N) is 2. The molecule has 1 aliphatic rings. The molecule has 0 amide bonds. The summed E-state index contributed by atoms with van der Waals surface area (Å²) >= 11 is 1.70. The number of hydrogen-bond acceptors (Lipinski definition) is 3. The lowest BCUT2D eigenvalue weighted by atomic mass is 10.1. The Balaban J connectivity index is 2.06. The number of rotatable bonds is 1. The second kappa shape index (κ2) is 3.31. The van der Waals surface area contributed by atoms with Crippen LogP contribution in [0.15, 0.2) is 34.4 Å². The van der Waals surface area contributed by atoms with Gasteiger partial charge in [-0.15, -0.1) is 0 Å². The Kier molecular flexibility index (Phi) is 1.95. The summed E-state index contributed by atoms with van der Waals surface area (Å²) in [4.78, 5) is 8.58. The molecular weight excluding hydrogens is 206 g/mol.